The first-order valence-electron chi connectivity index (χ1n) is 8.56. The molecule has 0 aliphatic rings. The van der Waals surface area contributed by atoms with Crippen molar-refractivity contribution in [3.05, 3.63) is 24.3 Å². The van der Waals surface area contributed by atoms with E-state index < -0.39 is 11.1 Å². The SMILES string of the molecule is CCCCCCCCCCCCOc1ccc(S(=O)[O-])cc1.[K+]. The Kier molecular flexibility index (Phi) is 16.8. The van der Waals surface area contributed by atoms with Gasteiger partial charge in [0, 0.05) is 4.90 Å². The normalized spacial score (nSPS) is 11.7. The van der Waals surface area contributed by atoms with Crippen LogP contribution in [0.1, 0.15) is 71.1 Å². The van der Waals surface area contributed by atoms with Gasteiger partial charge in [-0.15, -0.1) is 0 Å². The zero-order chi connectivity index (χ0) is 16.0. The van der Waals surface area contributed by atoms with Crippen LogP contribution < -0.4 is 56.1 Å². The molecular formula is C18H29KO3S. The molecule has 0 saturated carbocycles. The standard InChI is InChI=1S/C18H30O3S.K/c1-2-3-4-5-6-7-8-9-10-11-16-21-17-12-14-18(15-13-17)22(19)20;/h12-15H,2-11,16H2,1H3,(H,19,20);/q;+1/p-1. The summed E-state index contributed by atoms with van der Waals surface area (Å²) in [4.78, 5) is 0.297. The van der Waals surface area contributed by atoms with Gasteiger partial charge < -0.3 is 9.29 Å². The second-order valence-electron chi connectivity index (χ2n) is 5.74. The minimum atomic E-state index is -2.16. The summed E-state index contributed by atoms with van der Waals surface area (Å²) in [5, 5.41) is 0. The Balaban J connectivity index is 0.00000484. The number of benzene rings is 1. The Labute approximate surface area is 186 Å². The van der Waals surface area contributed by atoms with E-state index in [1.54, 1.807) is 24.3 Å². The van der Waals surface area contributed by atoms with Gasteiger partial charge in [0.25, 0.3) is 0 Å². The smallest absolute Gasteiger partial charge is 0.768 e. The van der Waals surface area contributed by atoms with Crippen molar-refractivity contribution in [2.24, 2.45) is 0 Å². The summed E-state index contributed by atoms with van der Waals surface area (Å²) in [7, 11) is 0. The van der Waals surface area contributed by atoms with E-state index in [0.717, 1.165) is 12.2 Å². The molecule has 0 aliphatic carbocycles. The van der Waals surface area contributed by atoms with Gasteiger partial charge in [0.1, 0.15) is 5.75 Å². The fourth-order valence-corrected chi connectivity index (χ4v) is 2.78. The van der Waals surface area contributed by atoms with Crippen LogP contribution in [0.15, 0.2) is 29.2 Å². The van der Waals surface area contributed by atoms with Gasteiger partial charge in [-0.25, -0.2) is 0 Å². The zero-order valence-corrected chi connectivity index (χ0v) is 18.7. The van der Waals surface area contributed by atoms with E-state index >= 15 is 0 Å². The molecule has 0 saturated heterocycles. The number of rotatable bonds is 13. The molecule has 1 rings (SSSR count). The third-order valence-corrected chi connectivity index (χ3v) is 4.44. The van der Waals surface area contributed by atoms with Crippen molar-refractivity contribution < 1.29 is 64.9 Å². The van der Waals surface area contributed by atoms with Crippen molar-refractivity contribution in [3.8, 4) is 5.75 Å². The van der Waals surface area contributed by atoms with Crippen LogP contribution in [0.2, 0.25) is 0 Å². The fraction of sp³-hybridized carbons (Fsp3) is 0.667. The molecule has 0 aliphatic heterocycles. The first-order valence-corrected chi connectivity index (χ1v) is 9.63. The Morgan fingerprint density at radius 3 is 1.83 bits per heavy atom. The molecule has 0 aromatic heterocycles. The van der Waals surface area contributed by atoms with Crippen LogP contribution >= 0.6 is 0 Å². The predicted octanol–water partition coefficient (Wildman–Crippen LogP) is 2.23. The van der Waals surface area contributed by atoms with Crippen LogP contribution in [-0.4, -0.2) is 15.4 Å². The largest absolute Gasteiger partial charge is 1.00 e. The van der Waals surface area contributed by atoms with Crippen LogP contribution in [-0.2, 0) is 11.1 Å². The Morgan fingerprint density at radius 1 is 0.870 bits per heavy atom. The molecule has 3 nitrogen and oxygen atoms in total. The molecule has 5 heteroatoms. The fourth-order valence-electron chi connectivity index (χ4n) is 2.43. The number of hydrogen-bond acceptors (Lipinski definition) is 3. The first-order chi connectivity index (χ1) is 10.7. The second kappa shape index (κ2) is 16.2. The quantitative estimate of drug-likeness (QED) is 0.306. The van der Waals surface area contributed by atoms with E-state index in [9.17, 15) is 8.76 Å². The number of hydrogen-bond donors (Lipinski definition) is 0. The maximum atomic E-state index is 10.7. The summed E-state index contributed by atoms with van der Waals surface area (Å²) in [5.41, 5.74) is 0. The van der Waals surface area contributed by atoms with Crippen molar-refractivity contribution >= 4 is 11.1 Å². The van der Waals surface area contributed by atoms with Crippen LogP contribution in [0.3, 0.4) is 0 Å². The molecule has 0 amide bonds. The minimum Gasteiger partial charge on any atom is -0.768 e. The van der Waals surface area contributed by atoms with Crippen molar-refractivity contribution in [2.75, 3.05) is 6.61 Å². The van der Waals surface area contributed by atoms with Gasteiger partial charge in [-0.1, -0.05) is 64.7 Å². The molecule has 1 atom stereocenters. The van der Waals surface area contributed by atoms with Gasteiger partial charge in [-0.05, 0) is 41.8 Å². The number of ether oxygens (including phenoxy) is 1. The monoisotopic (exact) mass is 364 g/mol. The molecule has 0 radical (unpaired) electrons. The van der Waals surface area contributed by atoms with E-state index in [0.29, 0.717) is 11.5 Å². The summed E-state index contributed by atoms with van der Waals surface area (Å²) in [6.07, 6.45) is 13.1. The molecule has 0 bridgehead atoms. The van der Waals surface area contributed by atoms with Gasteiger partial charge in [0.05, 0.1) is 6.61 Å². The van der Waals surface area contributed by atoms with E-state index in [1.807, 2.05) is 0 Å². The summed E-state index contributed by atoms with van der Waals surface area (Å²) in [5.74, 6) is 0.741. The average Bonchev–Trinajstić information content (AvgIpc) is 2.53. The maximum Gasteiger partial charge on any atom is 1.00 e. The molecule has 126 valence electrons. The van der Waals surface area contributed by atoms with Gasteiger partial charge in [-0.3, -0.25) is 4.21 Å². The first kappa shape index (κ1) is 23.8. The van der Waals surface area contributed by atoms with Gasteiger partial charge in [-0.2, -0.15) is 0 Å². The van der Waals surface area contributed by atoms with Gasteiger partial charge >= 0.3 is 51.4 Å². The Hall–Kier alpha value is 0.766. The van der Waals surface area contributed by atoms with Crippen LogP contribution in [0.4, 0.5) is 0 Å². The van der Waals surface area contributed by atoms with Crippen LogP contribution in [0.5, 0.6) is 5.75 Å². The van der Waals surface area contributed by atoms with Gasteiger partial charge in [0.15, 0.2) is 0 Å². The van der Waals surface area contributed by atoms with Crippen molar-refractivity contribution in [3.63, 3.8) is 0 Å². The summed E-state index contributed by atoms with van der Waals surface area (Å²) in [6, 6.07) is 6.55. The molecule has 0 spiro atoms. The summed E-state index contributed by atoms with van der Waals surface area (Å²) >= 11 is -2.16. The minimum absolute atomic E-state index is 0. The van der Waals surface area contributed by atoms with E-state index in [4.69, 9.17) is 4.74 Å². The summed E-state index contributed by atoms with van der Waals surface area (Å²) in [6.45, 7) is 2.96. The summed E-state index contributed by atoms with van der Waals surface area (Å²) < 4.78 is 27.1. The predicted molar refractivity (Wildman–Crippen MR) is 91.0 cm³/mol. The third-order valence-electron chi connectivity index (χ3n) is 3.78. The molecule has 1 unspecified atom stereocenters. The maximum absolute atomic E-state index is 10.7. The van der Waals surface area contributed by atoms with Crippen LogP contribution in [0, 0.1) is 0 Å². The Bertz CT molecular complexity index is 409. The van der Waals surface area contributed by atoms with E-state index in [-0.39, 0.29) is 51.4 Å². The zero-order valence-electron chi connectivity index (χ0n) is 14.7. The van der Waals surface area contributed by atoms with Crippen molar-refractivity contribution in [1.82, 2.24) is 0 Å². The molecule has 23 heavy (non-hydrogen) atoms. The van der Waals surface area contributed by atoms with E-state index in [1.165, 1.54) is 57.8 Å². The van der Waals surface area contributed by atoms with Crippen molar-refractivity contribution in [2.45, 2.75) is 76.0 Å². The molecule has 0 N–H and O–H groups in total. The molecule has 1 aromatic rings. The average molecular weight is 365 g/mol. The molecule has 1 aromatic carbocycles. The topological polar surface area (TPSA) is 49.4 Å². The van der Waals surface area contributed by atoms with Gasteiger partial charge in [0.2, 0.25) is 0 Å². The van der Waals surface area contributed by atoms with Crippen molar-refractivity contribution in [1.29, 1.82) is 0 Å². The second-order valence-corrected chi connectivity index (χ2v) is 6.68. The number of unbranched alkanes of at least 4 members (excludes halogenated alkanes) is 9. The molecular weight excluding hydrogens is 335 g/mol. The molecule has 0 heterocycles. The third kappa shape index (κ3) is 12.7. The van der Waals surface area contributed by atoms with Crippen LogP contribution in [0.25, 0.3) is 0 Å². The van der Waals surface area contributed by atoms with E-state index in [2.05, 4.69) is 6.92 Å². The molecule has 0 fully saturated rings. The Morgan fingerprint density at radius 2 is 1.35 bits per heavy atom.